The van der Waals surface area contributed by atoms with Crippen molar-refractivity contribution in [3.8, 4) is 5.75 Å². The molecule has 0 amide bonds. The molecule has 0 aliphatic rings. The van der Waals surface area contributed by atoms with Crippen molar-refractivity contribution in [2.75, 3.05) is 0 Å². The zero-order chi connectivity index (χ0) is 9.42. The van der Waals surface area contributed by atoms with E-state index in [0.717, 1.165) is 15.6 Å². The maximum Gasteiger partial charge on any atom is 0.139 e. The summed E-state index contributed by atoms with van der Waals surface area (Å²) in [5.74, 6) is 0.229. The molecule has 0 fully saturated rings. The lowest BCUT2D eigenvalue weighted by Gasteiger charge is -2.05. The Kier molecular flexibility index (Phi) is 1.98. The van der Waals surface area contributed by atoms with Crippen molar-refractivity contribution < 1.29 is 10.2 Å². The Labute approximate surface area is 80.1 Å². The minimum atomic E-state index is -0.106. The molecule has 1 aromatic heterocycles. The van der Waals surface area contributed by atoms with E-state index in [2.05, 4.69) is 0 Å². The van der Waals surface area contributed by atoms with Crippen molar-refractivity contribution in [2.45, 2.75) is 13.5 Å². The highest BCUT2D eigenvalue weighted by molar-refractivity contribution is 7.17. The summed E-state index contributed by atoms with van der Waals surface area (Å²) < 4.78 is 0.856. The summed E-state index contributed by atoms with van der Waals surface area (Å²) >= 11 is 1.49. The highest BCUT2D eigenvalue weighted by Crippen LogP contribution is 2.35. The number of rotatable bonds is 1. The number of phenols is 1. The van der Waals surface area contributed by atoms with Gasteiger partial charge in [-0.05, 0) is 35.4 Å². The van der Waals surface area contributed by atoms with Gasteiger partial charge in [0.25, 0.3) is 0 Å². The van der Waals surface area contributed by atoms with Crippen molar-refractivity contribution in [1.82, 2.24) is 0 Å². The molecular weight excluding hydrogens is 184 g/mol. The van der Waals surface area contributed by atoms with Crippen molar-refractivity contribution >= 4 is 21.4 Å². The molecule has 1 aromatic carbocycles. The van der Waals surface area contributed by atoms with Crippen LogP contribution >= 0.6 is 11.3 Å². The van der Waals surface area contributed by atoms with E-state index in [1.54, 1.807) is 0 Å². The smallest absolute Gasteiger partial charge is 0.139 e. The van der Waals surface area contributed by atoms with Crippen molar-refractivity contribution in [3.05, 3.63) is 28.6 Å². The molecule has 0 bridgehead atoms. The molecule has 13 heavy (non-hydrogen) atoms. The predicted octanol–water partition coefficient (Wildman–Crippen LogP) is 2.41. The summed E-state index contributed by atoms with van der Waals surface area (Å²) in [6, 6.07) is 3.95. The maximum atomic E-state index is 9.77. The molecule has 2 rings (SSSR count). The standard InChI is InChI=1S/C10H10O2S/c1-6-4-7-2-3-13-10(7)9(12)8(6)5-11/h2-4,11-12H,5H2,1H3. The number of thiophene rings is 1. The summed E-state index contributed by atoms with van der Waals surface area (Å²) in [5, 5.41) is 21.8. The predicted molar refractivity (Wildman–Crippen MR) is 54.1 cm³/mol. The molecule has 2 N–H and O–H groups in total. The highest BCUT2D eigenvalue weighted by atomic mass is 32.1. The molecule has 0 radical (unpaired) electrons. The van der Waals surface area contributed by atoms with E-state index in [1.807, 2.05) is 24.4 Å². The van der Waals surface area contributed by atoms with Gasteiger partial charge in [0.1, 0.15) is 5.75 Å². The summed E-state index contributed by atoms with van der Waals surface area (Å²) in [7, 11) is 0. The van der Waals surface area contributed by atoms with Crippen LogP contribution in [-0.4, -0.2) is 10.2 Å². The molecule has 3 heteroatoms. The van der Waals surface area contributed by atoms with Gasteiger partial charge in [-0.2, -0.15) is 0 Å². The average Bonchev–Trinajstić information content (AvgIpc) is 2.53. The Hall–Kier alpha value is -1.06. The normalized spacial score (nSPS) is 10.9. The van der Waals surface area contributed by atoms with Gasteiger partial charge < -0.3 is 10.2 Å². The van der Waals surface area contributed by atoms with Gasteiger partial charge in [0, 0.05) is 5.56 Å². The van der Waals surface area contributed by atoms with Crippen LogP contribution in [0, 0.1) is 6.92 Å². The van der Waals surface area contributed by atoms with E-state index in [-0.39, 0.29) is 12.4 Å². The van der Waals surface area contributed by atoms with Gasteiger partial charge in [0.2, 0.25) is 0 Å². The molecule has 68 valence electrons. The number of hydrogen-bond acceptors (Lipinski definition) is 3. The number of aryl methyl sites for hydroxylation is 1. The number of aliphatic hydroxyl groups excluding tert-OH is 1. The van der Waals surface area contributed by atoms with Crippen molar-refractivity contribution in [1.29, 1.82) is 0 Å². The highest BCUT2D eigenvalue weighted by Gasteiger charge is 2.09. The van der Waals surface area contributed by atoms with E-state index >= 15 is 0 Å². The molecule has 0 aliphatic heterocycles. The van der Waals surface area contributed by atoms with E-state index in [4.69, 9.17) is 5.11 Å². The molecule has 0 unspecified atom stereocenters. The van der Waals surface area contributed by atoms with Gasteiger partial charge >= 0.3 is 0 Å². The second kappa shape index (κ2) is 3.01. The molecule has 0 aliphatic carbocycles. The second-order valence-corrected chi connectivity index (χ2v) is 3.93. The van der Waals surface area contributed by atoms with Gasteiger partial charge in [-0.1, -0.05) is 0 Å². The van der Waals surface area contributed by atoms with Crippen LogP contribution in [0.3, 0.4) is 0 Å². The van der Waals surface area contributed by atoms with Crippen LogP contribution in [0.15, 0.2) is 17.5 Å². The quantitative estimate of drug-likeness (QED) is 0.731. The molecule has 0 saturated heterocycles. The number of hydrogen-bond donors (Lipinski definition) is 2. The van der Waals surface area contributed by atoms with Crippen LogP contribution in [0.5, 0.6) is 5.75 Å². The van der Waals surface area contributed by atoms with E-state index in [0.29, 0.717) is 5.56 Å². The minimum Gasteiger partial charge on any atom is -0.506 e. The summed E-state index contributed by atoms with van der Waals surface area (Å²) in [6.45, 7) is 1.79. The Morgan fingerprint density at radius 3 is 2.92 bits per heavy atom. The molecule has 0 saturated carbocycles. The van der Waals surface area contributed by atoms with Gasteiger partial charge in [0.15, 0.2) is 0 Å². The molecule has 0 atom stereocenters. The Morgan fingerprint density at radius 1 is 1.46 bits per heavy atom. The second-order valence-electron chi connectivity index (χ2n) is 3.02. The van der Waals surface area contributed by atoms with E-state index in [1.165, 1.54) is 11.3 Å². The Morgan fingerprint density at radius 2 is 2.23 bits per heavy atom. The first-order valence-corrected chi connectivity index (χ1v) is 4.91. The van der Waals surface area contributed by atoms with Gasteiger partial charge in [0.05, 0.1) is 11.3 Å². The lowest BCUT2D eigenvalue weighted by atomic mass is 10.1. The number of aromatic hydroxyl groups is 1. The maximum absolute atomic E-state index is 9.77. The first kappa shape index (κ1) is 8.53. The fourth-order valence-electron chi connectivity index (χ4n) is 1.47. The van der Waals surface area contributed by atoms with E-state index in [9.17, 15) is 5.11 Å². The van der Waals surface area contributed by atoms with Crippen molar-refractivity contribution in [3.63, 3.8) is 0 Å². The summed E-state index contributed by atoms with van der Waals surface area (Å²) in [5.41, 5.74) is 1.57. The fourth-order valence-corrected chi connectivity index (χ4v) is 2.32. The third-order valence-electron chi connectivity index (χ3n) is 2.20. The molecule has 2 aromatic rings. The first-order valence-electron chi connectivity index (χ1n) is 4.03. The van der Waals surface area contributed by atoms with Crippen LogP contribution in [0.2, 0.25) is 0 Å². The summed E-state index contributed by atoms with van der Waals surface area (Å²) in [6.07, 6.45) is 0. The van der Waals surface area contributed by atoms with Gasteiger partial charge in [-0.25, -0.2) is 0 Å². The number of fused-ring (bicyclic) bond motifs is 1. The molecule has 0 spiro atoms. The van der Waals surface area contributed by atoms with Crippen LogP contribution in [0.1, 0.15) is 11.1 Å². The van der Waals surface area contributed by atoms with Crippen molar-refractivity contribution in [2.24, 2.45) is 0 Å². The SMILES string of the molecule is Cc1cc2ccsc2c(O)c1CO. The van der Waals surface area contributed by atoms with Crippen LogP contribution in [-0.2, 0) is 6.61 Å². The zero-order valence-electron chi connectivity index (χ0n) is 7.24. The van der Waals surface area contributed by atoms with Crippen LogP contribution in [0.25, 0.3) is 10.1 Å². The van der Waals surface area contributed by atoms with Gasteiger partial charge in [-0.15, -0.1) is 11.3 Å². The monoisotopic (exact) mass is 194 g/mol. The minimum absolute atomic E-state index is 0.106. The average molecular weight is 194 g/mol. The van der Waals surface area contributed by atoms with Gasteiger partial charge in [-0.3, -0.25) is 0 Å². The summed E-state index contributed by atoms with van der Waals surface area (Å²) in [4.78, 5) is 0. The molecule has 1 heterocycles. The van der Waals surface area contributed by atoms with Crippen LogP contribution in [0.4, 0.5) is 0 Å². The number of benzene rings is 1. The first-order chi connectivity index (χ1) is 6.24. The molecule has 2 nitrogen and oxygen atoms in total. The third-order valence-corrected chi connectivity index (χ3v) is 3.14. The lowest BCUT2D eigenvalue weighted by Crippen LogP contribution is -1.88. The third kappa shape index (κ3) is 1.20. The Balaban J connectivity index is 2.85. The van der Waals surface area contributed by atoms with E-state index < -0.39 is 0 Å². The lowest BCUT2D eigenvalue weighted by molar-refractivity contribution is 0.275. The van der Waals surface area contributed by atoms with Crippen LogP contribution < -0.4 is 0 Å². The Bertz CT molecular complexity index is 445. The topological polar surface area (TPSA) is 40.5 Å². The number of aliphatic hydroxyl groups is 1. The zero-order valence-corrected chi connectivity index (χ0v) is 8.06. The molecular formula is C10H10O2S. The largest absolute Gasteiger partial charge is 0.506 e. The fraction of sp³-hybridized carbons (Fsp3) is 0.200.